The van der Waals surface area contributed by atoms with Crippen molar-refractivity contribution in [1.29, 1.82) is 0 Å². The van der Waals surface area contributed by atoms with E-state index in [1.54, 1.807) is 14.2 Å². The summed E-state index contributed by atoms with van der Waals surface area (Å²) in [5.41, 5.74) is 4.88. The highest BCUT2D eigenvalue weighted by atomic mass is 32.1. The Labute approximate surface area is 219 Å². The lowest BCUT2D eigenvalue weighted by Crippen LogP contribution is -1.86. The first-order valence-corrected chi connectivity index (χ1v) is 13.2. The summed E-state index contributed by atoms with van der Waals surface area (Å²) in [4.78, 5) is 0. The molecule has 0 spiro atoms. The third kappa shape index (κ3) is 3.46. The Kier molecular flexibility index (Phi) is 5.12. The zero-order valence-electron chi connectivity index (χ0n) is 20.6. The normalized spacial score (nSPS) is 11.5. The molecular weight excluding hydrogens is 472 g/mol. The second-order valence-corrected chi connectivity index (χ2v) is 10.3. The second-order valence-electron chi connectivity index (χ2n) is 9.24. The van der Waals surface area contributed by atoms with Gasteiger partial charge in [0, 0.05) is 20.2 Å². The molecular formula is C34H24O2S. The largest absolute Gasteiger partial charge is 0.497 e. The van der Waals surface area contributed by atoms with Gasteiger partial charge in [-0.2, -0.15) is 0 Å². The maximum absolute atomic E-state index is 5.40. The van der Waals surface area contributed by atoms with Crippen LogP contribution in [0.25, 0.3) is 64.0 Å². The summed E-state index contributed by atoms with van der Waals surface area (Å²) in [6.45, 7) is 0. The van der Waals surface area contributed by atoms with Gasteiger partial charge in [-0.05, 0) is 80.2 Å². The fourth-order valence-electron chi connectivity index (χ4n) is 5.51. The lowest BCUT2D eigenvalue weighted by Gasteiger charge is -2.12. The van der Waals surface area contributed by atoms with E-state index in [-0.39, 0.29) is 0 Å². The van der Waals surface area contributed by atoms with Crippen molar-refractivity contribution >= 4 is 53.1 Å². The Morgan fingerprint density at radius 2 is 0.838 bits per heavy atom. The van der Waals surface area contributed by atoms with Gasteiger partial charge in [-0.15, -0.1) is 11.3 Å². The van der Waals surface area contributed by atoms with E-state index < -0.39 is 0 Å². The van der Waals surface area contributed by atoms with Gasteiger partial charge in [-0.3, -0.25) is 0 Å². The molecule has 0 fully saturated rings. The fraction of sp³-hybridized carbons (Fsp3) is 0.0588. The zero-order valence-corrected chi connectivity index (χ0v) is 21.4. The molecule has 6 aromatic carbocycles. The number of hydrogen-bond donors (Lipinski definition) is 0. The van der Waals surface area contributed by atoms with Crippen LogP contribution in [0.4, 0.5) is 0 Å². The van der Waals surface area contributed by atoms with Crippen LogP contribution >= 0.6 is 11.3 Å². The summed E-state index contributed by atoms with van der Waals surface area (Å²) in [6, 6.07) is 39.1. The van der Waals surface area contributed by atoms with Crippen molar-refractivity contribution in [3.63, 3.8) is 0 Å². The molecule has 0 saturated heterocycles. The highest BCUT2D eigenvalue weighted by molar-refractivity contribution is 7.26. The molecule has 0 atom stereocenters. The molecule has 1 heterocycles. The molecule has 3 heteroatoms. The van der Waals surface area contributed by atoms with Crippen LogP contribution in [0.1, 0.15) is 0 Å². The van der Waals surface area contributed by atoms with E-state index in [9.17, 15) is 0 Å². The topological polar surface area (TPSA) is 18.5 Å². The molecule has 0 N–H and O–H groups in total. The summed E-state index contributed by atoms with van der Waals surface area (Å²) >= 11 is 1.87. The second kappa shape index (κ2) is 8.65. The third-order valence-electron chi connectivity index (χ3n) is 7.29. The number of benzene rings is 6. The van der Waals surface area contributed by atoms with Crippen LogP contribution in [-0.2, 0) is 0 Å². The van der Waals surface area contributed by atoms with Crippen molar-refractivity contribution in [2.75, 3.05) is 14.2 Å². The Morgan fingerprint density at radius 3 is 1.22 bits per heavy atom. The predicted octanol–water partition coefficient (Wildman–Crippen LogP) is 9.71. The first-order valence-electron chi connectivity index (χ1n) is 12.3. The molecule has 0 aliphatic carbocycles. The Bertz CT molecular complexity index is 1790. The summed E-state index contributed by atoms with van der Waals surface area (Å²) in [5, 5.41) is 7.79. The van der Waals surface area contributed by atoms with Gasteiger partial charge in [0.2, 0.25) is 0 Å². The summed E-state index contributed by atoms with van der Waals surface area (Å²) in [6.07, 6.45) is 0. The number of hydrogen-bond acceptors (Lipinski definition) is 3. The van der Waals surface area contributed by atoms with Gasteiger partial charge in [0.25, 0.3) is 0 Å². The van der Waals surface area contributed by atoms with Crippen molar-refractivity contribution < 1.29 is 9.47 Å². The van der Waals surface area contributed by atoms with Crippen LogP contribution in [0.2, 0.25) is 0 Å². The van der Waals surface area contributed by atoms with E-state index >= 15 is 0 Å². The Morgan fingerprint density at radius 1 is 0.459 bits per heavy atom. The predicted molar refractivity (Wildman–Crippen MR) is 158 cm³/mol. The molecule has 7 aromatic rings. The van der Waals surface area contributed by atoms with E-state index in [0.717, 1.165) is 11.5 Å². The van der Waals surface area contributed by atoms with Gasteiger partial charge in [-0.25, -0.2) is 0 Å². The molecule has 0 aliphatic heterocycles. The molecule has 1 aromatic heterocycles. The van der Waals surface area contributed by atoms with Crippen molar-refractivity contribution in [2.24, 2.45) is 0 Å². The lowest BCUT2D eigenvalue weighted by atomic mass is 9.91. The van der Waals surface area contributed by atoms with Gasteiger partial charge in [0.1, 0.15) is 11.5 Å². The van der Waals surface area contributed by atoms with Crippen LogP contribution < -0.4 is 9.47 Å². The minimum atomic E-state index is 0.869. The van der Waals surface area contributed by atoms with Crippen molar-refractivity contribution in [1.82, 2.24) is 0 Å². The van der Waals surface area contributed by atoms with Crippen LogP contribution in [0.3, 0.4) is 0 Å². The van der Waals surface area contributed by atoms with E-state index in [2.05, 4.69) is 84.9 Å². The number of methoxy groups -OCH3 is 2. The van der Waals surface area contributed by atoms with Crippen molar-refractivity contribution in [2.45, 2.75) is 0 Å². The average Bonchev–Trinajstić information content (AvgIpc) is 3.35. The number of fused-ring (bicyclic) bond motifs is 7. The SMILES string of the molecule is COc1ccc(-c2cc3sc4cc(-c5ccc(OC)cc5)c5ccccc5c4c3c3ccccc23)cc1. The molecule has 37 heavy (non-hydrogen) atoms. The van der Waals surface area contributed by atoms with Crippen LogP contribution in [-0.4, -0.2) is 14.2 Å². The summed E-state index contributed by atoms with van der Waals surface area (Å²) < 4.78 is 13.4. The standard InChI is InChI=1S/C34H24O2S/c1-35-23-15-11-21(12-16-23)29-19-31-33(27-9-5-3-7-25(27)29)34-28-10-6-4-8-26(28)30(20-32(34)37-31)22-13-17-24(36-2)18-14-22/h3-20H,1-2H3. The fourth-order valence-corrected chi connectivity index (χ4v) is 6.73. The summed E-state index contributed by atoms with van der Waals surface area (Å²) in [5.74, 6) is 1.74. The number of ether oxygens (including phenoxy) is 2. The highest BCUT2D eigenvalue weighted by Crippen LogP contribution is 2.47. The number of rotatable bonds is 4. The molecule has 0 aliphatic rings. The molecule has 2 nitrogen and oxygen atoms in total. The van der Waals surface area contributed by atoms with Gasteiger partial charge in [0.15, 0.2) is 0 Å². The van der Waals surface area contributed by atoms with Crippen LogP contribution in [0.15, 0.2) is 109 Å². The molecule has 0 radical (unpaired) electrons. The monoisotopic (exact) mass is 496 g/mol. The lowest BCUT2D eigenvalue weighted by molar-refractivity contribution is 0.415. The molecule has 0 saturated carbocycles. The zero-order chi connectivity index (χ0) is 24.9. The quantitative estimate of drug-likeness (QED) is 0.241. The molecule has 0 amide bonds. The van der Waals surface area contributed by atoms with Crippen LogP contribution in [0, 0.1) is 0 Å². The first kappa shape index (κ1) is 21.9. The van der Waals surface area contributed by atoms with Crippen molar-refractivity contribution in [3.05, 3.63) is 109 Å². The van der Waals surface area contributed by atoms with E-state index in [0.29, 0.717) is 0 Å². The van der Waals surface area contributed by atoms with E-state index in [1.807, 2.05) is 35.6 Å². The molecule has 7 rings (SSSR count). The molecule has 0 unspecified atom stereocenters. The highest BCUT2D eigenvalue weighted by Gasteiger charge is 2.17. The van der Waals surface area contributed by atoms with Gasteiger partial charge < -0.3 is 9.47 Å². The minimum Gasteiger partial charge on any atom is -0.497 e. The van der Waals surface area contributed by atoms with E-state index in [1.165, 1.54) is 64.0 Å². The smallest absolute Gasteiger partial charge is 0.118 e. The molecule has 0 bridgehead atoms. The first-order chi connectivity index (χ1) is 18.2. The maximum atomic E-state index is 5.40. The van der Waals surface area contributed by atoms with E-state index in [4.69, 9.17) is 9.47 Å². The number of thiophene rings is 1. The van der Waals surface area contributed by atoms with Gasteiger partial charge in [-0.1, -0.05) is 72.8 Å². The van der Waals surface area contributed by atoms with Gasteiger partial charge in [0.05, 0.1) is 14.2 Å². The minimum absolute atomic E-state index is 0.869. The summed E-state index contributed by atoms with van der Waals surface area (Å²) in [7, 11) is 3.41. The Hall–Kier alpha value is -4.34. The Balaban J connectivity index is 1.57. The van der Waals surface area contributed by atoms with Crippen LogP contribution in [0.5, 0.6) is 11.5 Å². The average molecular weight is 497 g/mol. The van der Waals surface area contributed by atoms with Crippen molar-refractivity contribution in [3.8, 4) is 33.8 Å². The van der Waals surface area contributed by atoms with Gasteiger partial charge >= 0.3 is 0 Å². The maximum Gasteiger partial charge on any atom is 0.118 e. The molecule has 178 valence electrons. The third-order valence-corrected chi connectivity index (χ3v) is 8.37.